The number of hydrogen-bond donors (Lipinski definition) is 1. The zero-order valence-electron chi connectivity index (χ0n) is 4.98. The van der Waals surface area contributed by atoms with Crippen LogP contribution in [0, 0.1) is 13.0 Å². The SMILES string of the molecule is Cc1[c]ccc(O)c1Cl. The van der Waals surface area contributed by atoms with Gasteiger partial charge in [0, 0.05) is 0 Å². The molecule has 1 aromatic rings. The fourth-order valence-electron chi connectivity index (χ4n) is 0.574. The van der Waals surface area contributed by atoms with Gasteiger partial charge >= 0.3 is 0 Å². The summed E-state index contributed by atoms with van der Waals surface area (Å²) in [5.41, 5.74) is 0.775. The molecule has 0 aliphatic rings. The van der Waals surface area contributed by atoms with Crippen molar-refractivity contribution in [2.75, 3.05) is 0 Å². The van der Waals surface area contributed by atoms with E-state index >= 15 is 0 Å². The summed E-state index contributed by atoms with van der Waals surface area (Å²) in [7, 11) is 0. The van der Waals surface area contributed by atoms with Gasteiger partial charge in [0.1, 0.15) is 5.75 Å². The van der Waals surface area contributed by atoms with Gasteiger partial charge in [0.15, 0.2) is 0 Å². The Kier molecular flexibility index (Phi) is 1.63. The van der Waals surface area contributed by atoms with Crippen LogP contribution in [0.5, 0.6) is 5.75 Å². The largest absolute Gasteiger partial charge is 0.506 e. The van der Waals surface area contributed by atoms with Gasteiger partial charge in [0.2, 0.25) is 0 Å². The van der Waals surface area contributed by atoms with Crippen LogP contribution in [0.1, 0.15) is 5.56 Å². The third-order valence-corrected chi connectivity index (χ3v) is 1.57. The molecule has 0 unspecified atom stereocenters. The number of halogens is 1. The number of benzene rings is 1. The third kappa shape index (κ3) is 1.16. The van der Waals surface area contributed by atoms with Gasteiger partial charge in [-0.25, -0.2) is 0 Å². The maximum atomic E-state index is 8.95. The highest BCUT2D eigenvalue weighted by Crippen LogP contribution is 2.24. The maximum Gasteiger partial charge on any atom is 0.134 e. The summed E-state index contributed by atoms with van der Waals surface area (Å²) >= 11 is 5.60. The van der Waals surface area contributed by atoms with E-state index in [1.807, 2.05) is 0 Å². The van der Waals surface area contributed by atoms with Crippen molar-refractivity contribution < 1.29 is 5.11 Å². The molecule has 0 saturated heterocycles. The van der Waals surface area contributed by atoms with Gasteiger partial charge < -0.3 is 5.11 Å². The van der Waals surface area contributed by atoms with E-state index in [0.29, 0.717) is 5.02 Å². The molecule has 0 saturated carbocycles. The van der Waals surface area contributed by atoms with Gasteiger partial charge in [-0.2, -0.15) is 0 Å². The van der Waals surface area contributed by atoms with Crippen molar-refractivity contribution in [3.63, 3.8) is 0 Å². The van der Waals surface area contributed by atoms with Crippen LogP contribution in [0.2, 0.25) is 5.02 Å². The average molecular weight is 142 g/mol. The van der Waals surface area contributed by atoms with Crippen molar-refractivity contribution in [3.05, 3.63) is 28.8 Å². The Balaban J connectivity index is 3.25. The number of rotatable bonds is 0. The van der Waals surface area contributed by atoms with Crippen LogP contribution in [0.4, 0.5) is 0 Å². The monoisotopic (exact) mass is 141 g/mol. The molecule has 0 aliphatic carbocycles. The molecule has 1 aromatic carbocycles. The van der Waals surface area contributed by atoms with Gasteiger partial charge in [0.05, 0.1) is 5.02 Å². The third-order valence-electron chi connectivity index (χ3n) is 1.10. The minimum atomic E-state index is 0.118. The highest BCUT2D eigenvalue weighted by atomic mass is 35.5. The standard InChI is InChI=1S/C7H6ClO/c1-5-3-2-4-6(9)7(5)8/h2,4,9H,1H3. The smallest absolute Gasteiger partial charge is 0.134 e. The highest BCUT2D eigenvalue weighted by molar-refractivity contribution is 6.32. The molecular formula is C7H6ClO. The molecule has 2 heteroatoms. The second kappa shape index (κ2) is 2.28. The lowest BCUT2D eigenvalue weighted by Gasteiger charge is -1.96. The Morgan fingerprint density at radius 2 is 2.33 bits per heavy atom. The van der Waals surface area contributed by atoms with Gasteiger partial charge in [-0.3, -0.25) is 0 Å². The summed E-state index contributed by atoms with van der Waals surface area (Å²) in [6, 6.07) is 5.99. The number of phenols is 1. The molecular weight excluding hydrogens is 136 g/mol. The fourth-order valence-corrected chi connectivity index (χ4v) is 0.692. The van der Waals surface area contributed by atoms with Crippen LogP contribution < -0.4 is 0 Å². The molecule has 0 aromatic heterocycles. The van der Waals surface area contributed by atoms with Crippen molar-refractivity contribution in [3.8, 4) is 5.75 Å². The average Bonchev–Trinajstić information content (AvgIpc) is 1.83. The Labute approximate surface area is 58.9 Å². The first-order chi connectivity index (χ1) is 4.22. The molecule has 0 fully saturated rings. The Morgan fingerprint density at radius 3 is 2.78 bits per heavy atom. The Morgan fingerprint density at radius 1 is 1.67 bits per heavy atom. The number of aryl methyl sites for hydroxylation is 1. The van der Waals surface area contributed by atoms with Gasteiger partial charge in [-0.15, -0.1) is 0 Å². The van der Waals surface area contributed by atoms with E-state index in [2.05, 4.69) is 6.07 Å². The summed E-state index contributed by atoms with van der Waals surface area (Å²) in [6.07, 6.45) is 0. The first-order valence-electron chi connectivity index (χ1n) is 2.57. The van der Waals surface area contributed by atoms with E-state index in [1.54, 1.807) is 13.0 Å². The lowest BCUT2D eigenvalue weighted by Crippen LogP contribution is -1.73. The second-order valence-electron chi connectivity index (χ2n) is 1.80. The minimum Gasteiger partial charge on any atom is -0.506 e. The maximum absolute atomic E-state index is 8.95. The van der Waals surface area contributed by atoms with Crippen LogP contribution in [-0.2, 0) is 0 Å². The van der Waals surface area contributed by atoms with E-state index in [0.717, 1.165) is 5.56 Å². The first kappa shape index (κ1) is 6.43. The van der Waals surface area contributed by atoms with Gasteiger partial charge in [-0.1, -0.05) is 17.7 Å². The molecule has 1 N–H and O–H groups in total. The summed E-state index contributed by atoms with van der Waals surface area (Å²) in [5, 5.41) is 9.33. The van der Waals surface area contributed by atoms with Crippen LogP contribution >= 0.6 is 11.6 Å². The fraction of sp³-hybridized carbons (Fsp3) is 0.143. The second-order valence-corrected chi connectivity index (χ2v) is 2.18. The van der Waals surface area contributed by atoms with Crippen molar-refractivity contribution in [2.45, 2.75) is 6.92 Å². The highest BCUT2D eigenvalue weighted by Gasteiger charge is 1.97. The number of aromatic hydroxyl groups is 1. The normalized spacial score (nSPS) is 9.56. The van der Waals surface area contributed by atoms with Crippen LogP contribution in [0.15, 0.2) is 12.1 Å². The number of phenolic OH excluding ortho intramolecular Hbond substituents is 1. The van der Waals surface area contributed by atoms with E-state index in [1.165, 1.54) is 6.07 Å². The Hall–Kier alpha value is -0.690. The molecule has 9 heavy (non-hydrogen) atoms. The summed E-state index contributed by atoms with van der Waals surface area (Å²) in [4.78, 5) is 0. The topological polar surface area (TPSA) is 20.2 Å². The van der Waals surface area contributed by atoms with E-state index in [-0.39, 0.29) is 5.75 Å². The molecule has 1 radical (unpaired) electrons. The molecule has 0 heterocycles. The Bertz CT molecular complexity index is 200. The van der Waals surface area contributed by atoms with Crippen molar-refractivity contribution in [2.24, 2.45) is 0 Å². The van der Waals surface area contributed by atoms with E-state index in [9.17, 15) is 0 Å². The van der Waals surface area contributed by atoms with Crippen LogP contribution in [-0.4, -0.2) is 5.11 Å². The molecule has 1 rings (SSSR count). The summed E-state index contributed by atoms with van der Waals surface area (Å²) < 4.78 is 0. The first-order valence-corrected chi connectivity index (χ1v) is 2.95. The molecule has 0 amide bonds. The van der Waals surface area contributed by atoms with Crippen LogP contribution in [0.3, 0.4) is 0 Å². The summed E-state index contributed by atoms with van der Waals surface area (Å²) in [6.45, 7) is 1.79. The van der Waals surface area contributed by atoms with E-state index < -0.39 is 0 Å². The predicted molar refractivity (Wildman–Crippen MR) is 36.7 cm³/mol. The zero-order valence-corrected chi connectivity index (χ0v) is 5.74. The lowest BCUT2D eigenvalue weighted by molar-refractivity contribution is 0.475. The zero-order chi connectivity index (χ0) is 6.85. The van der Waals surface area contributed by atoms with Crippen molar-refractivity contribution in [1.29, 1.82) is 0 Å². The molecule has 1 nitrogen and oxygen atoms in total. The van der Waals surface area contributed by atoms with Crippen LogP contribution in [0.25, 0.3) is 0 Å². The molecule has 0 spiro atoms. The predicted octanol–water partition coefficient (Wildman–Crippen LogP) is 2.15. The van der Waals surface area contributed by atoms with Crippen molar-refractivity contribution in [1.82, 2.24) is 0 Å². The van der Waals surface area contributed by atoms with Gasteiger partial charge in [-0.05, 0) is 24.6 Å². The molecule has 0 atom stereocenters. The quantitative estimate of drug-likeness (QED) is 0.587. The summed E-state index contributed by atoms with van der Waals surface area (Å²) in [5.74, 6) is 0.118. The lowest BCUT2D eigenvalue weighted by atomic mass is 10.2. The van der Waals surface area contributed by atoms with Crippen molar-refractivity contribution >= 4 is 11.6 Å². The van der Waals surface area contributed by atoms with E-state index in [4.69, 9.17) is 16.7 Å². The number of hydrogen-bond acceptors (Lipinski definition) is 1. The minimum absolute atomic E-state index is 0.118. The van der Waals surface area contributed by atoms with Gasteiger partial charge in [0.25, 0.3) is 0 Å². The molecule has 0 aliphatic heterocycles. The molecule has 47 valence electrons. The molecule has 0 bridgehead atoms.